The highest BCUT2D eigenvalue weighted by molar-refractivity contribution is 7.19. The van der Waals surface area contributed by atoms with Gasteiger partial charge in [-0.1, -0.05) is 41.7 Å². The smallest absolute Gasteiger partial charge is 0.235 e. The Bertz CT molecular complexity index is 1200. The van der Waals surface area contributed by atoms with E-state index in [0.717, 1.165) is 32.2 Å². The van der Waals surface area contributed by atoms with Crippen molar-refractivity contribution in [1.29, 1.82) is 0 Å². The van der Waals surface area contributed by atoms with E-state index in [1.165, 1.54) is 11.3 Å². The van der Waals surface area contributed by atoms with Gasteiger partial charge in [0.1, 0.15) is 10.6 Å². The maximum atomic E-state index is 5.92. The summed E-state index contributed by atoms with van der Waals surface area (Å²) in [5.74, 6) is 1.28. The first-order chi connectivity index (χ1) is 12.7. The third-order valence-corrected chi connectivity index (χ3v) is 5.19. The third kappa shape index (κ3) is 2.36. The Hall–Kier alpha value is -3.19. The van der Waals surface area contributed by atoms with Crippen LogP contribution >= 0.6 is 11.3 Å². The van der Waals surface area contributed by atoms with Crippen LogP contribution in [0.3, 0.4) is 0 Å². The highest BCUT2D eigenvalue weighted by Gasteiger charge is 2.17. The van der Waals surface area contributed by atoms with Crippen molar-refractivity contribution in [2.45, 2.75) is 0 Å². The van der Waals surface area contributed by atoms with Crippen LogP contribution in [0.25, 0.3) is 38.1 Å². The molecule has 0 atom stereocenters. The van der Waals surface area contributed by atoms with E-state index >= 15 is 0 Å². The molecule has 0 amide bonds. The maximum absolute atomic E-state index is 5.92. The Labute approximate surface area is 153 Å². The summed E-state index contributed by atoms with van der Waals surface area (Å²) in [4.78, 5) is 2.81. The third-order valence-electron chi connectivity index (χ3n) is 4.25. The number of rotatable bonds is 3. The zero-order chi connectivity index (χ0) is 17.7. The van der Waals surface area contributed by atoms with Crippen LogP contribution in [0.2, 0.25) is 0 Å². The van der Waals surface area contributed by atoms with Crippen LogP contribution in [0, 0.1) is 0 Å². The molecule has 0 spiro atoms. The number of benzene rings is 2. The topological polar surface area (TPSA) is 59.5 Å². The van der Waals surface area contributed by atoms with Gasteiger partial charge in [0.2, 0.25) is 10.8 Å². The number of para-hydroxylation sites is 1. The Morgan fingerprint density at radius 2 is 1.88 bits per heavy atom. The molecule has 0 saturated heterocycles. The fourth-order valence-corrected chi connectivity index (χ4v) is 3.73. The molecule has 26 heavy (non-hydrogen) atoms. The van der Waals surface area contributed by atoms with E-state index < -0.39 is 0 Å². The van der Waals surface area contributed by atoms with Crippen LogP contribution in [-0.4, -0.2) is 33.9 Å². The zero-order valence-electron chi connectivity index (χ0n) is 14.2. The maximum Gasteiger partial charge on any atom is 0.235 e. The molecule has 7 heteroatoms. The summed E-state index contributed by atoms with van der Waals surface area (Å²) in [7, 11) is 4.05. The molecule has 2 aromatic carbocycles. The van der Waals surface area contributed by atoms with Crippen molar-refractivity contribution in [1.82, 2.24) is 19.8 Å². The molecule has 0 radical (unpaired) electrons. The van der Waals surface area contributed by atoms with Crippen LogP contribution in [0.5, 0.6) is 0 Å². The fourth-order valence-electron chi connectivity index (χ4n) is 2.90. The lowest BCUT2D eigenvalue weighted by molar-refractivity contribution is 0.622. The number of anilines is 1. The van der Waals surface area contributed by atoms with Gasteiger partial charge in [0.25, 0.3) is 0 Å². The Morgan fingerprint density at radius 1 is 1.00 bits per heavy atom. The molecule has 0 saturated carbocycles. The lowest BCUT2D eigenvalue weighted by Crippen LogP contribution is -2.08. The van der Waals surface area contributed by atoms with E-state index in [1.807, 2.05) is 50.5 Å². The van der Waals surface area contributed by atoms with Gasteiger partial charge in [-0.2, -0.15) is 9.61 Å². The van der Waals surface area contributed by atoms with Crippen LogP contribution in [0.15, 0.2) is 59.0 Å². The highest BCUT2D eigenvalue weighted by atomic mass is 32.1. The van der Waals surface area contributed by atoms with Crippen molar-refractivity contribution >= 4 is 33.0 Å². The van der Waals surface area contributed by atoms with Gasteiger partial charge in [0, 0.05) is 30.7 Å². The summed E-state index contributed by atoms with van der Waals surface area (Å²) in [6.07, 6.45) is 0. The van der Waals surface area contributed by atoms with Crippen molar-refractivity contribution < 1.29 is 4.42 Å². The standard InChI is InChI=1S/C19H15N5OS/c1-23(2)14-8-5-7-13(10-14)18-22-24-17(20-21-19(24)26-18)16-11-12-6-3-4-9-15(12)25-16/h3-11H,1-2H3. The monoisotopic (exact) mass is 361 g/mol. The van der Waals surface area contributed by atoms with Gasteiger partial charge < -0.3 is 9.32 Å². The summed E-state index contributed by atoms with van der Waals surface area (Å²) < 4.78 is 7.67. The Balaban J connectivity index is 1.62. The first-order valence-corrected chi connectivity index (χ1v) is 9.00. The van der Waals surface area contributed by atoms with Crippen LogP contribution < -0.4 is 4.90 Å². The molecule has 0 fully saturated rings. The zero-order valence-corrected chi connectivity index (χ0v) is 15.1. The van der Waals surface area contributed by atoms with Crippen LogP contribution in [0.4, 0.5) is 5.69 Å². The summed E-state index contributed by atoms with van der Waals surface area (Å²) in [5.41, 5.74) is 3.02. The molecule has 6 nitrogen and oxygen atoms in total. The molecule has 0 N–H and O–H groups in total. The second-order valence-corrected chi connectivity index (χ2v) is 7.17. The van der Waals surface area contributed by atoms with E-state index in [4.69, 9.17) is 9.52 Å². The van der Waals surface area contributed by atoms with Crippen molar-refractivity contribution in [3.63, 3.8) is 0 Å². The number of hydrogen-bond acceptors (Lipinski definition) is 6. The average molecular weight is 361 g/mol. The van der Waals surface area contributed by atoms with Gasteiger partial charge in [-0.05, 0) is 24.3 Å². The molecule has 128 valence electrons. The Morgan fingerprint density at radius 3 is 2.73 bits per heavy atom. The van der Waals surface area contributed by atoms with E-state index in [2.05, 4.69) is 33.3 Å². The predicted octanol–water partition coefficient (Wildman–Crippen LogP) is 4.33. The van der Waals surface area contributed by atoms with Gasteiger partial charge in [-0.3, -0.25) is 0 Å². The minimum Gasteiger partial charge on any atom is -0.453 e. The molecule has 0 aliphatic carbocycles. The molecular weight excluding hydrogens is 346 g/mol. The largest absolute Gasteiger partial charge is 0.453 e. The van der Waals surface area contributed by atoms with E-state index in [9.17, 15) is 0 Å². The first kappa shape index (κ1) is 15.1. The molecule has 5 rings (SSSR count). The number of fused-ring (bicyclic) bond motifs is 2. The summed E-state index contributed by atoms with van der Waals surface area (Å²) in [6, 6.07) is 18.1. The van der Waals surface area contributed by atoms with E-state index in [-0.39, 0.29) is 0 Å². The number of nitrogens with zero attached hydrogens (tertiary/aromatic N) is 5. The van der Waals surface area contributed by atoms with Gasteiger partial charge >= 0.3 is 0 Å². The lowest BCUT2D eigenvalue weighted by Gasteiger charge is -2.12. The number of furan rings is 1. The highest BCUT2D eigenvalue weighted by Crippen LogP contribution is 2.31. The van der Waals surface area contributed by atoms with Crippen molar-refractivity contribution in [2.24, 2.45) is 0 Å². The van der Waals surface area contributed by atoms with Gasteiger partial charge in [-0.15, -0.1) is 10.2 Å². The minimum atomic E-state index is 0.613. The van der Waals surface area contributed by atoms with Crippen molar-refractivity contribution in [3.8, 4) is 22.2 Å². The fraction of sp³-hybridized carbons (Fsp3) is 0.105. The normalized spacial score (nSPS) is 11.5. The Kier molecular flexibility index (Phi) is 3.29. The van der Waals surface area contributed by atoms with Crippen LogP contribution in [-0.2, 0) is 0 Å². The molecule has 0 aliphatic heterocycles. The van der Waals surface area contributed by atoms with Crippen molar-refractivity contribution in [2.75, 3.05) is 19.0 Å². The molecule has 5 aromatic rings. The number of hydrogen-bond donors (Lipinski definition) is 0. The molecule has 0 aliphatic rings. The first-order valence-electron chi connectivity index (χ1n) is 8.18. The second kappa shape index (κ2) is 5.67. The van der Waals surface area contributed by atoms with Crippen molar-refractivity contribution in [3.05, 3.63) is 54.6 Å². The molecular formula is C19H15N5OS. The van der Waals surface area contributed by atoms with Crippen LogP contribution in [0.1, 0.15) is 0 Å². The quantitative estimate of drug-likeness (QED) is 0.479. The summed E-state index contributed by atoms with van der Waals surface area (Å²) >= 11 is 1.51. The molecule has 0 bridgehead atoms. The predicted molar refractivity (Wildman–Crippen MR) is 104 cm³/mol. The molecule has 3 aromatic heterocycles. The average Bonchev–Trinajstić information content (AvgIpc) is 3.34. The molecule has 3 heterocycles. The second-order valence-electron chi connectivity index (χ2n) is 6.22. The lowest BCUT2D eigenvalue weighted by atomic mass is 10.2. The SMILES string of the molecule is CN(C)c1cccc(-c2nn3c(-c4cc5ccccc5o4)nnc3s2)c1. The van der Waals surface area contributed by atoms with Gasteiger partial charge in [0.15, 0.2) is 5.76 Å². The minimum absolute atomic E-state index is 0.613. The van der Waals surface area contributed by atoms with E-state index in [1.54, 1.807) is 4.52 Å². The summed E-state index contributed by atoms with van der Waals surface area (Å²) in [6.45, 7) is 0. The summed E-state index contributed by atoms with van der Waals surface area (Å²) in [5, 5.41) is 15.2. The van der Waals surface area contributed by atoms with E-state index in [0.29, 0.717) is 11.6 Å². The van der Waals surface area contributed by atoms with Gasteiger partial charge in [-0.25, -0.2) is 0 Å². The van der Waals surface area contributed by atoms with Gasteiger partial charge in [0.05, 0.1) is 0 Å². The number of aromatic nitrogens is 4. The molecule has 0 unspecified atom stereocenters.